The number of rotatable bonds is 7. The number of carbonyl (C=O) groups is 1. The molecule has 1 saturated heterocycles. The first-order valence-electron chi connectivity index (χ1n) is 13.9. The van der Waals surface area contributed by atoms with Crippen molar-refractivity contribution < 1.29 is 9.53 Å². The molecule has 0 bridgehead atoms. The van der Waals surface area contributed by atoms with Crippen molar-refractivity contribution in [3.8, 4) is 6.01 Å². The van der Waals surface area contributed by atoms with E-state index in [1.54, 1.807) is 0 Å². The van der Waals surface area contributed by atoms with Crippen molar-refractivity contribution in [3.05, 3.63) is 95.2 Å². The van der Waals surface area contributed by atoms with Crippen molar-refractivity contribution in [3.63, 3.8) is 0 Å². The van der Waals surface area contributed by atoms with Crippen molar-refractivity contribution in [1.82, 2.24) is 15.0 Å². The molecule has 0 spiro atoms. The smallest absolute Gasteiger partial charge is 0.323 e. The molecule has 6 rings (SSSR count). The van der Waals surface area contributed by atoms with Crippen LogP contribution in [0.5, 0.6) is 6.01 Å². The van der Waals surface area contributed by atoms with Crippen LogP contribution in [-0.4, -0.2) is 40.4 Å². The van der Waals surface area contributed by atoms with Crippen LogP contribution in [0.3, 0.4) is 0 Å². The van der Waals surface area contributed by atoms with Gasteiger partial charge in [0.25, 0.3) is 0 Å². The van der Waals surface area contributed by atoms with Gasteiger partial charge in [0, 0.05) is 36.3 Å². The van der Waals surface area contributed by atoms with Crippen LogP contribution in [0, 0.1) is 0 Å². The second-order valence-electron chi connectivity index (χ2n) is 10.1. The second kappa shape index (κ2) is 11.6. The molecule has 0 atom stereocenters. The van der Waals surface area contributed by atoms with Crippen LogP contribution in [0.1, 0.15) is 60.9 Å². The predicted octanol–water partition coefficient (Wildman–Crippen LogP) is 6.67. The van der Waals surface area contributed by atoms with Crippen molar-refractivity contribution in [2.75, 3.05) is 29.9 Å². The number of anilines is 3. The van der Waals surface area contributed by atoms with Gasteiger partial charge in [0.2, 0.25) is 11.9 Å². The molecule has 0 radical (unpaired) electrons. The van der Waals surface area contributed by atoms with Crippen LogP contribution in [0.25, 0.3) is 5.57 Å². The summed E-state index contributed by atoms with van der Waals surface area (Å²) in [5, 5.41) is 3.37. The van der Waals surface area contributed by atoms with Gasteiger partial charge in [-0.3, -0.25) is 4.79 Å². The molecule has 1 aromatic heterocycles. The van der Waals surface area contributed by atoms with Gasteiger partial charge < -0.3 is 15.0 Å². The number of nitrogens with zero attached hydrogens (tertiary/aromatic N) is 4. The molecule has 2 aromatic rings. The van der Waals surface area contributed by atoms with Crippen LogP contribution in [0.2, 0.25) is 0 Å². The third-order valence-corrected chi connectivity index (χ3v) is 7.45. The quantitative estimate of drug-likeness (QED) is 0.437. The number of Topliss-reactive ketones (excluding diaryl/α,β-unsaturated/α-hetero) is 1. The SMILES string of the molecule is O=C1C2=C(C/C=C\C=CC2)c2cc(Nc3nc(OCCC4=CCC=CC=C4)nc(N4CCCCC4)n3)ccc21. The van der Waals surface area contributed by atoms with Crippen LogP contribution in [0.4, 0.5) is 17.6 Å². The van der Waals surface area contributed by atoms with Crippen LogP contribution in [0.15, 0.2) is 84.0 Å². The largest absolute Gasteiger partial charge is 0.463 e. The minimum atomic E-state index is 0.129. The molecule has 1 N–H and O–H groups in total. The Bertz CT molecular complexity index is 1440. The van der Waals surface area contributed by atoms with E-state index < -0.39 is 0 Å². The van der Waals surface area contributed by atoms with Gasteiger partial charge >= 0.3 is 6.01 Å². The van der Waals surface area contributed by atoms with Gasteiger partial charge in [-0.2, -0.15) is 15.0 Å². The van der Waals surface area contributed by atoms with E-state index in [9.17, 15) is 4.79 Å². The van der Waals surface area contributed by atoms with Gasteiger partial charge in [0.15, 0.2) is 5.78 Å². The van der Waals surface area contributed by atoms with Crippen molar-refractivity contribution >= 4 is 28.9 Å². The minimum Gasteiger partial charge on any atom is -0.463 e. The second-order valence-corrected chi connectivity index (χ2v) is 10.1. The summed E-state index contributed by atoms with van der Waals surface area (Å²) in [5.41, 5.74) is 5.82. The molecule has 0 saturated carbocycles. The van der Waals surface area contributed by atoms with E-state index in [1.807, 2.05) is 36.4 Å². The Morgan fingerprint density at radius 1 is 0.872 bits per heavy atom. The monoisotopic (exact) mass is 519 g/mol. The number of ether oxygens (including phenoxy) is 1. The van der Waals surface area contributed by atoms with Gasteiger partial charge in [-0.1, -0.05) is 54.7 Å². The minimum absolute atomic E-state index is 0.129. The Kier molecular flexibility index (Phi) is 7.47. The van der Waals surface area contributed by atoms with Gasteiger partial charge in [-0.05, 0) is 73.4 Å². The number of ketones is 1. The summed E-state index contributed by atoms with van der Waals surface area (Å²) >= 11 is 0. The number of nitrogens with one attached hydrogen (secondary N) is 1. The molecular weight excluding hydrogens is 486 g/mol. The standard InChI is InChI=1S/C32H33N5O2/c38-29-26-15-9-4-3-8-14-25(26)28-22-24(16-17-27(28)29)33-30-34-31(37-19-10-5-11-20-37)36-32(35-30)39-21-18-23-12-6-1-2-7-13-23/h1-4,6,8-9,12-13,16-17,22H,5,7,10-11,14-15,18-21H2,(H,33,34,35,36)/b8-3-,9-4?. The molecule has 4 aliphatic rings. The van der Waals surface area contributed by atoms with Crippen LogP contribution in [-0.2, 0) is 0 Å². The number of allylic oxidation sites excluding steroid dienone is 11. The van der Waals surface area contributed by atoms with Crippen molar-refractivity contribution in [1.29, 1.82) is 0 Å². The van der Waals surface area contributed by atoms with Gasteiger partial charge in [0.05, 0.1) is 6.61 Å². The first-order chi connectivity index (χ1) is 19.2. The lowest BCUT2D eigenvalue weighted by atomic mass is 9.99. The molecule has 198 valence electrons. The Morgan fingerprint density at radius 2 is 1.69 bits per heavy atom. The molecule has 0 amide bonds. The zero-order valence-corrected chi connectivity index (χ0v) is 22.1. The number of benzene rings is 1. The summed E-state index contributed by atoms with van der Waals surface area (Å²) in [5.74, 6) is 1.21. The molecule has 7 nitrogen and oxygen atoms in total. The summed E-state index contributed by atoms with van der Waals surface area (Å²) in [7, 11) is 0. The van der Waals surface area contributed by atoms with Crippen LogP contribution < -0.4 is 15.0 Å². The number of carbonyl (C=O) groups excluding carboxylic acids is 1. The van der Waals surface area contributed by atoms with Gasteiger partial charge in [-0.25, -0.2) is 0 Å². The highest BCUT2D eigenvalue weighted by atomic mass is 16.5. The summed E-state index contributed by atoms with van der Waals surface area (Å²) in [6, 6.07) is 6.19. The summed E-state index contributed by atoms with van der Waals surface area (Å²) < 4.78 is 6.05. The van der Waals surface area contributed by atoms with E-state index >= 15 is 0 Å². The van der Waals surface area contributed by atoms with Crippen LogP contribution >= 0.6 is 0 Å². The number of fused-ring (bicyclic) bond motifs is 2. The Labute approximate surface area is 229 Å². The molecule has 0 unspecified atom stereocenters. The summed E-state index contributed by atoms with van der Waals surface area (Å²) in [6.45, 7) is 2.33. The maximum absolute atomic E-state index is 13.1. The normalized spacial score (nSPS) is 19.1. The first-order valence-corrected chi connectivity index (χ1v) is 13.9. The first kappa shape index (κ1) is 25.0. The lowest BCUT2D eigenvalue weighted by Gasteiger charge is -2.26. The molecule has 1 aliphatic heterocycles. The maximum atomic E-state index is 13.1. The Morgan fingerprint density at radius 3 is 2.56 bits per heavy atom. The lowest BCUT2D eigenvalue weighted by molar-refractivity contribution is 0.103. The zero-order valence-electron chi connectivity index (χ0n) is 22.1. The molecule has 1 fully saturated rings. The van der Waals surface area contributed by atoms with E-state index in [2.05, 4.69) is 56.6 Å². The van der Waals surface area contributed by atoms with E-state index in [-0.39, 0.29) is 5.78 Å². The summed E-state index contributed by atoms with van der Waals surface area (Å²) in [6.07, 6.45) is 25.4. The summed E-state index contributed by atoms with van der Waals surface area (Å²) in [4.78, 5) is 29.3. The van der Waals surface area contributed by atoms with Crippen molar-refractivity contribution in [2.24, 2.45) is 0 Å². The highest BCUT2D eigenvalue weighted by Gasteiger charge is 2.28. The number of hydrogen-bond donors (Lipinski definition) is 1. The Balaban J connectivity index is 1.24. The van der Waals surface area contributed by atoms with E-state index in [4.69, 9.17) is 9.72 Å². The van der Waals surface area contributed by atoms with Gasteiger partial charge in [0.1, 0.15) is 0 Å². The third-order valence-electron chi connectivity index (χ3n) is 7.45. The highest BCUT2D eigenvalue weighted by molar-refractivity contribution is 6.21. The highest BCUT2D eigenvalue weighted by Crippen LogP contribution is 2.39. The molecule has 39 heavy (non-hydrogen) atoms. The molecule has 1 aromatic carbocycles. The fourth-order valence-electron chi connectivity index (χ4n) is 5.41. The fraction of sp³-hybridized carbons (Fsp3) is 0.312. The maximum Gasteiger partial charge on any atom is 0.323 e. The topological polar surface area (TPSA) is 80.2 Å². The van der Waals surface area contributed by atoms with Crippen molar-refractivity contribution in [2.45, 2.75) is 44.9 Å². The molecule has 3 aliphatic carbocycles. The fourth-order valence-corrected chi connectivity index (χ4v) is 5.41. The molecule has 2 heterocycles. The van der Waals surface area contributed by atoms with Gasteiger partial charge in [-0.15, -0.1) is 0 Å². The molecule has 7 heteroatoms. The average Bonchev–Trinajstić information content (AvgIpc) is 3.08. The number of aromatic nitrogens is 3. The number of hydrogen-bond acceptors (Lipinski definition) is 7. The zero-order chi connectivity index (χ0) is 26.4. The van der Waals surface area contributed by atoms with E-state index in [0.29, 0.717) is 30.9 Å². The number of piperidine rings is 1. The van der Waals surface area contributed by atoms with E-state index in [0.717, 1.165) is 73.2 Å². The lowest BCUT2D eigenvalue weighted by Crippen LogP contribution is -2.31. The molecular formula is C32H33N5O2. The van der Waals surface area contributed by atoms with E-state index in [1.165, 1.54) is 12.0 Å². The predicted molar refractivity (Wildman–Crippen MR) is 155 cm³/mol. The average molecular weight is 520 g/mol. The third kappa shape index (κ3) is 5.77. The Hall–Kier alpha value is -4.26.